The Morgan fingerprint density at radius 1 is 1.03 bits per heavy atom. The van der Waals surface area contributed by atoms with Crippen LogP contribution in [0.4, 0.5) is 16.2 Å². The molecule has 3 amide bonds. The summed E-state index contributed by atoms with van der Waals surface area (Å²) in [6.07, 6.45) is 0.200. The van der Waals surface area contributed by atoms with Crippen LogP contribution in [0.3, 0.4) is 0 Å². The number of nitrogens with one attached hydrogen (secondary N) is 2. The van der Waals surface area contributed by atoms with Crippen molar-refractivity contribution in [1.82, 2.24) is 14.7 Å². The van der Waals surface area contributed by atoms with Gasteiger partial charge in [0.1, 0.15) is 5.75 Å². The third-order valence-electron chi connectivity index (χ3n) is 5.99. The van der Waals surface area contributed by atoms with E-state index in [-0.39, 0.29) is 18.9 Å². The van der Waals surface area contributed by atoms with Crippen molar-refractivity contribution in [2.24, 2.45) is 0 Å². The van der Waals surface area contributed by atoms with Crippen LogP contribution in [0.1, 0.15) is 5.56 Å². The molecule has 0 radical (unpaired) electrons. The van der Waals surface area contributed by atoms with E-state index in [0.717, 1.165) is 25.2 Å². The van der Waals surface area contributed by atoms with Gasteiger partial charge in [0.2, 0.25) is 5.91 Å². The summed E-state index contributed by atoms with van der Waals surface area (Å²) < 4.78 is 5.42. The van der Waals surface area contributed by atoms with Gasteiger partial charge in [0.25, 0.3) is 0 Å². The summed E-state index contributed by atoms with van der Waals surface area (Å²) in [4.78, 5) is 41.8. The van der Waals surface area contributed by atoms with E-state index in [1.807, 2.05) is 4.90 Å². The van der Waals surface area contributed by atoms with Crippen LogP contribution in [0, 0.1) is 0 Å². The van der Waals surface area contributed by atoms with Crippen LogP contribution in [-0.4, -0.2) is 97.7 Å². The molecule has 0 spiro atoms. The fourth-order valence-electron chi connectivity index (χ4n) is 3.88. The van der Waals surface area contributed by atoms with E-state index in [1.54, 1.807) is 54.4 Å². The number of carbonyl (C=O) groups is 3. The molecule has 3 N–H and O–H groups in total. The number of amides is 3. The highest BCUT2D eigenvalue weighted by Crippen LogP contribution is 2.27. The minimum Gasteiger partial charge on any atom is -0.495 e. The van der Waals surface area contributed by atoms with E-state index in [4.69, 9.17) is 21.4 Å². The number of para-hydroxylation sites is 1. The highest BCUT2D eigenvalue weighted by molar-refractivity contribution is 6.33. The molecule has 0 aromatic heterocycles. The second-order valence-electron chi connectivity index (χ2n) is 8.60. The topological polar surface area (TPSA) is 114 Å². The van der Waals surface area contributed by atoms with E-state index >= 15 is 0 Å². The maximum Gasteiger partial charge on any atom is 0.323 e. The molecule has 10 nitrogen and oxygen atoms in total. The number of benzene rings is 2. The van der Waals surface area contributed by atoms with E-state index in [0.29, 0.717) is 41.8 Å². The standard InChI is InChI=1S/C25H32ClN5O5/c1-29(9-10-30-11-13-31(14-12-30)17-24(33)34)23(32)16-18-7-8-21(22(15-18)36-2)28-25(35)27-20-6-4-3-5-19(20)26/h3-8,15H,9-14,16-17H2,1-2H3,(H,33,34)(H2,27,28,35). The number of nitrogens with zero attached hydrogens (tertiary/aromatic N) is 3. The number of hydrogen-bond donors (Lipinski definition) is 3. The monoisotopic (exact) mass is 517 g/mol. The number of hydrogen-bond acceptors (Lipinski definition) is 6. The Morgan fingerprint density at radius 2 is 1.69 bits per heavy atom. The maximum absolute atomic E-state index is 12.8. The normalized spacial score (nSPS) is 14.2. The van der Waals surface area contributed by atoms with Crippen molar-refractivity contribution in [2.75, 3.05) is 70.6 Å². The van der Waals surface area contributed by atoms with E-state index in [9.17, 15) is 14.4 Å². The first-order valence-corrected chi connectivity index (χ1v) is 12.0. The van der Waals surface area contributed by atoms with Crippen molar-refractivity contribution in [3.05, 3.63) is 53.1 Å². The zero-order valence-electron chi connectivity index (χ0n) is 20.5. The molecule has 194 valence electrons. The largest absolute Gasteiger partial charge is 0.495 e. The number of likely N-dealkylation sites (N-methyl/N-ethyl adjacent to an activating group) is 1. The Balaban J connectivity index is 1.48. The first kappa shape index (κ1) is 27.3. The molecular weight excluding hydrogens is 486 g/mol. The lowest BCUT2D eigenvalue weighted by Gasteiger charge is -2.34. The third-order valence-corrected chi connectivity index (χ3v) is 6.32. The first-order chi connectivity index (χ1) is 17.2. The number of methoxy groups -OCH3 is 1. The van der Waals surface area contributed by atoms with Gasteiger partial charge in [0, 0.05) is 46.3 Å². The van der Waals surface area contributed by atoms with Gasteiger partial charge >= 0.3 is 12.0 Å². The van der Waals surface area contributed by atoms with Gasteiger partial charge in [-0.3, -0.25) is 19.4 Å². The van der Waals surface area contributed by atoms with Crippen molar-refractivity contribution in [1.29, 1.82) is 0 Å². The minimum atomic E-state index is -0.811. The molecule has 0 saturated carbocycles. The Bertz CT molecular complexity index is 1070. The van der Waals surface area contributed by atoms with E-state index in [1.165, 1.54) is 7.11 Å². The van der Waals surface area contributed by atoms with Crippen molar-refractivity contribution >= 4 is 40.9 Å². The van der Waals surface area contributed by atoms with Crippen molar-refractivity contribution in [3.8, 4) is 5.75 Å². The summed E-state index contributed by atoms with van der Waals surface area (Å²) in [5, 5.41) is 14.8. The molecule has 1 aliphatic heterocycles. The van der Waals surface area contributed by atoms with Gasteiger partial charge < -0.3 is 25.4 Å². The number of rotatable bonds is 10. The summed E-state index contributed by atoms with van der Waals surface area (Å²) in [5.74, 6) is -0.398. The van der Waals surface area contributed by atoms with E-state index in [2.05, 4.69) is 15.5 Å². The highest BCUT2D eigenvalue weighted by Gasteiger charge is 2.20. The Hall–Kier alpha value is -3.34. The Labute approximate surface area is 215 Å². The van der Waals surface area contributed by atoms with Gasteiger partial charge in [-0.15, -0.1) is 0 Å². The molecule has 2 aromatic rings. The van der Waals surface area contributed by atoms with Gasteiger partial charge in [-0.25, -0.2) is 4.79 Å². The zero-order chi connectivity index (χ0) is 26.1. The van der Waals surface area contributed by atoms with Gasteiger partial charge in [-0.2, -0.15) is 0 Å². The summed E-state index contributed by atoms with van der Waals surface area (Å²) in [5.41, 5.74) is 1.72. The van der Waals surface area contributed by atoms with E-state index < -0.39 is 12.0 Å². The van der Waals surface area contributed by atoms with Crippen molar-refractivity contribution in [3.63, 3.8) is 0 Å². The van der Waals surface area contributed by atoms with Gasteiger partial charge in [0.05, 0.1) is 36.5 Å². The molecule has 1 aliphatic rings. The average molecular weight is 518 g/mol. The number of urea groups is 1. The second kappa shape index (κ2) is 13.1. The Morgan fingerprint density at radius 3 is 2.36 bits per heavy atom. The molecular formula is C25H32ClN5O5. The van der Waals surface area contributed by atoms with Crippen LogP contribution in [0.5, 0.6) is 5.75 Å². The van der Waals surface area contributed by atoms with Crippen LogP contribution in [0.2, 0.25) is 5.02 Å². The molecule has 1 saturated heterocycles. The summed E-state index contributed by atoms with van der Waals surface area (Å²) in [7, 11) is 3.27. The molecule has 36 heavy (non-hydrogen) atoms. The number of anilines is 2. The number of carboxylic acids is 1. The predicted octanol–water partition coefficient (Wildman–Crippen LogP) is 2.70. The number of carboxylic acid groups (broad SMARTS) is 1. The molecule has 11 heteroatoms. The fourth-order valence-corrected chi connectivity index (χ4v) is 4.06. The van der Waals surface area contributed by atoms with Crippen molar-refractivity contribution < 1.29 is 24.2 Å². The quantitative estimate of drug-likeness (QED) is 0.444. The van der Waals surface area contributed by atoms with Gasteiger partial charge in [-0.05, 0) is 29.8 Å². The maximum atomic E-state index is 12.8. The van der Waals surface area contributed by atoms with Crippen LogP contribution >= 0.6 is 11.6 Å². The minimum absolute atomic E-state index is 0.0289. The predicted molar refractivity (Wildman–Crippen MR) is 139 cm³/mol. The van der Waals surface area contributed by atoms with Crippen LogP contribution in [0.15, 0.2) is 42.5 Å². The molecule has 0 aliphatic carbocycles. The third kappa shape index (κ3) is 8.11. The Kier molecular flexibility index (Phi) is 9.92. The number of piperazine rings is 1. The van der Waals surface area contributed by atoms with Crippen LogP contribution in [-0.2, 0) is 16.0 Å². The smallest absolute Gasteiger partial charge is 0.323 e. The molecule has 0 unspecified atom stereocenters. The number of ether oxygens (including phenoxy) is 1. The SMILES string of the molecule is COc1cc(CC(=O)N(C)CCN2CCN(CC(=O)O)CC2)ccc1NC(=O)Nc1ccccc1Cl. The number of carbonyl (C=O) groups excluding carboxylic acids is 2. The van der Waals surface area contributed by atoms with Gasteiger partial charge in [0.15, 0.2) is 0 Å². The summed E-state index contributed by atoms with van der Waals surface area (Å²) in [6.45, 7) is 4.36. The average Bonchev–Trinajstić information content (AvgIpc) is 2.85. The molecule has 0 atom stereocenters. The summed E-state index contributed by atoms with van der Waals surface area (Å²) in [6, 6.07) is 11.7. The molecule has 1 heterocycles. The lowest BCUT2D eigenvalue weighted by atomic mass is 10.1. The zero-order valence-corrected chi connectivity index (χ0v) is 21.3. The number of halogens is 1. The second-order valence-corrected chi connectivity index (χ2v) is 9.00. The fraction of sp³-hybridized carbons (Fsp3) is 0.400. The molecule has 1 fully saturated rings. The highest BCUT2D eigenvalue weighted by atomic mass is 35.5. The van der Waals surface area contributed by atoms with Gasteiger partial charge in [-0.1, -0.05) is 29.8 Å². The summed E-state index contributed by atoms with van der Waals surface area (Å²) >= 11 is 6.09. The number of aliphatic carboxylic acids is 1. The molecule has 3 rings (SSSR count). The van der Waals surface area contributed by atoms with Crippen LogP contribution in [0.25, 0.3) is 0 Å². The lowest BCUT2D eigenvalue weighted by Crippen LogP contribution is -2.49. The molecule has 0 bridgehead atoms. The molecule has 2 aromatic carbocycles. The lowest BCUT2D eigenvalue weighted by molar-refractivity contribution is -0.139. The van der Waals surface area contributed by atoms with Crippen molar-refractivity contribution in [2.45, 2.75) is 6.42 Å². The first-order valence-electron chi connectivity index (χ1n) is 11.6. The van der Waals surface area contributed by atoms with Crippen LogP contribution < -0.4 is 15.4 Å².